The summed E-state index contributed by atoms with van der Waals surface area (Å²) in [6.45, 7) is 1.97. The number of carbonyl (C=O) groups excluding carboxylic acids is 1. The highest BCUT2D eigenvalue weighted by molar-refractivity contribution is 9.10. The first kappa shape index (κ1) is 16.3. The maximum atomic E-state index is 12.5. The van der Waals surface area contributed by atoms with Crippen LogP contribution in [0.4, 0.5) is 5.82 Å². The number of hydrogen-bond donors (Lipinski definition) is 2. The normalized spacial score (nSPS) is 16.4. The van der Waals surface area contributed by atoms with E-state index in [4.69, 9.17) is 5.10 Å². The number of imidazole rings is 1. The van der Waals surface area contributed by atoms with E-state index in [1.165, 1.54) is 0 Å². The van der Waals surface area contributed by atoms with Crippen molar-refractivity contribution in [2.45, 2.75) is 19.3 Å². The Morgan fingerprint density at radius 1 is 1.15 bits per heavy atom. The molecule has 7 heteroatoms. The van der Waals surface area contributed by atoms with Crippen LogP contribution in [0.5, 0.6) is 0 Å². The molecule has 1 aliphatic heterocycles. The molecule has 0 fully saturated rings. The van der Waals surface area contributed by atoms with Crippen LogP contribution in [0.3, 0.4) is 0 Å². The number of benzene rings is 2. The van der Waals surface area contributed by atoms with E-state index in [9.17, 15) is 4.79 Å². The van der Waals surface area contributed by atoms with Gasteiger partial charge in [-0.2, -0.15) is 9.78 Å². The van der Waals surface area contributed by atoms with Crippen LogP contribution in [-0.4, -0.2) is 25.7 Å². The van der Waals surface area contributed by atoms with E-state index >= 15 is 0 Å². The largest absolute Gasteiger partial charge is 0.322 e. The van der Waals surface area contributed by atoms with Crippen LogP contribution < -0.4 is 5.32 Å². The first-order valence-electron chi connectivity index (χ1n) is 8.70. The fourth-order valence-corrected chi connectivity index (χ4v) is 4.32. The maximum Gasteiger partial charge on any atom is 0.231 e. The highest BCUT2D eigenvalue weighted by Gasteiger charge is 2.34. The number of fused-ring (bicyclic) bond motifs is 2. The number of nitrogens with one attached hydrogen (secondary N) is 2. The number of hydrogen-bond acceptors (Lipinski definition) is 3. The van der Waals surface area contributed by atoms with Crippen LogP contribution in [0.15, 0.2) is 53.0 Å². The molecule has 0 spiro atoms. The molecule has 6 nitrogen and oxygen atoms in total. The molecule has 1 atom stereocenters. The minimum atomic E-state index is -0.0533. The quantitative estimate of drug-likeness (QED) is 0.506. The van der Waals surface area contributed by atoms with Gasteiger partial charge in [-0.15, -0.1) is 0 Å². The van der Waals surface area contributed by atoms with E-state index in [0.717, 1.165) is 32.3 Å². The van der Waals surface area contributed by atoms with E-state index < -0.39 is 0 Å². The molecule has 1 aliphatic rings. The number of H-pyrrole nitrogens is 1. The third-order valence-electron chi connectivity index (χ3n) is 4.96. The number of amides is 1. The number of anilines is 1. The second-order valence-corrected chi connectivity index (χ2v) is 7.52. The van der Waals surface area contributed by atoms with Crippen molar-refractivity contribution in [3.63, 3.8) is 0 Å². The summed E-state index contributed by atoms with van der Waals surface area (Å²) in [6.07, 6.45) is 0.391. The van der Waals surface area contributed by atoms with E-state index in [1.807, 2.05) is 49.4 Å². The van der Waals surface area contributed by atoms with Gasteiger partial charge in [-0.05, 0) is 30.7 Å². The summed E-state index contributed by atoms with van der Waals surface area (Å²) >= 11 is 3.63. The van der Waals surface area contributed by atoms with Crippen LogP contribution in [0.1, 0.15) is 29.2 Å². The molecule has 0 aliphatic carbocycles. The zero-order valence-electron chi connectivity index (χ0n) is 14.5. The van der Waals surface area contributed by atoms with E-state index in [1.54, 1.807) is 4.68 Å². The van der Waals surface area contributed by atoms with Gasteiger partial charge in [0.15, 0.2) is 0 Å². The second-order valence-electron chi connectivity index (χ2n) is 6.66. The SMILES string of the molecule is Cc1nn(-c2nc3ccccc3[nH]2)c2c1[C@@H](c1ccccc1Br)CC(=O)N2. The number of halogens is 1. The maximum absolute atomic E-state index is 12.5. The molecule has 134 valence electrons. The predicted octanol–water partition coefficient (Wildman–Crippen LogP) is 4.29. The Morgan fingerprint density at radius 2 is 1.93 bits per heavy atom. The van der Waals surface area contributed by atoms with Crippen molar-refractivity contribution < 1.29 is 4.79 Å². The number of para-hydroxylation sites is 2. The topological polar surface area (TPSA) is 75.6 Å². The number of aromatic amines is 1. The highest BCUT2D eigenvalue weighted by Crippen LogP contribution is 2.42. The van der Waals surface area contributed by atoms with Crippen molar-refractivity contribution in [3.05, 3.63) is 69.8 Å². The summed E-state index contributed by atoms with van der Waals surface area (Å²) in [4.78, 5) is 20.4. The molecule has 0 saturated carbocycles. The fourth-order valence-electron chi connectivity index (χ4n) is 3.76. The average molecular weight is 422 g/mol. The first-order valence-corrected chi connectivity index (χ1v) is 9.50. The Balaban J connectivity index is 1.70. The molecule has 5 rings (SSSR count). The Morgan fingerprint density at radius 3 is 2.74 bits per heavy atom. The van der Waals surface area contributed by atoms with Gasteiger partial charge in [0, 0.05) is 22.4 Å². The standard InChI is InChI=1S/C20H16BrN5O/c1-11-18-13(12-6-2-3-7-14(12)21)10-17(27)24-19(18)26(25-11)20-22-15-8-4-5-9-16(15)23-20/h2-9,13H,10H2,1H3,(H,22,23)(H,24,27)/t13-/m1/s1. The van der Waals surface area contributed by atoms with Crippen molar-refractivity contribution in [1.82, 2.24) is 19.7 Å². The molecule has 27 heavy (non-hydrogen) atoms. The van der Waals surface area contributed by atoms with Crippen LogP contribution >= 0.6 is 15.9 Å². The molecule has 0 radical (unpaired) electrons. The van der Waals surface area contributed by atoms with Gasteiger partial charge < -0.3 is 10.3 Å². The van der Waals surface area contributed by atoms with Gasteiger partial charge in [0.2, 0.25) is 11.9 Å². The summed E-state index contributed by atoms with van der Waals surface area (Å²) in [6, 6.07) is 15.8. The van der Waals surface area contributed by atoms with Gasteiger partial charge in [-0.25, -0.2) is 4.98 Å². The third kappa shape index (κ3) is 2.57. The van der Waals surface area contributed by atoms with Gasteiger partial charge in [0.25, 0.3) is 0 Å². The fraction of sp³-hybridized carbons (Fsp3) is 0.150. The first-order chi connectivity index (χ1) is 13.1. The molecule has 4 aromatic rings. The number of aromatic nitrogens is 4. The average Bonchev–Trinajstić information content (AvgIpc) is 3.22. The summed E-state index contributed by atoms with van der Waals surface area (Å²) in [7, 11) is 0. The molecule has 2 aromatic carbocycles. The minimum Gasteiger partial charge on any atom is -0.322 e. The lowest BCUT2D eigenvalue weighted by Crippen LogP contribution is -2.25. The van der Waals surface area contributed by atoms with Crippen molar-refractivity contribution in [2.75, 3.05) is 5.32 Å². The lowest BCUT2D eigenvalue weighted by Gasteiger charge is -2.24. The molecular weight excluding hydrogens is 406 g/mol. The molecule has 0 bridgehead atoms. The van der Waals surface area contributed by atoms with Crippen molar-refractivity contribution >= 4 is 38.7 Å². The number of carbonyl (C=O) groups is 1. The third-order valence-corrected chi connectivity index (χ3v) is 5.68. The minimum absolute atomic E-state index is 0.0273. The van der Waals surface area contributed by atoms with Crippen molar-refractivity contribution in [2.24, 2.45) is 0 Å². The van der Waals surface area contributed by atoms with Gasteiger partial charge in [0.1, 0.15) is 5.82 Å². The van der Waals surface area contributed by atoms with Gasteiger partial charge >= 0.3 is 0 Å². The van der Waals surface area contributed by atoms with Crippen LogP contribution in [0, 0.1) is 6.92 Å². The van der Waals surface area contributed by atoms with E-state index in [0.29, 0.717) is 18.2 Å². The monoisotopic (exact) mass is 421 g/mol. The zero-order valence-corrected chi connectivity index (χ0v) is 16.1. The van der Waals surface area contributed by atoms with Crippen molar-refractivity contribution in [3.8, 4) is 5.95 Å². The smallest absolute Gasteiger partial charge is 0.231 e. The Kier molecular flexibility index (Phi) is 3.65. The second kappa shape index (κ2) is 6.06. The highest BCUT2D eigenvalue weighted by atomic mass is 79.9. The van der Waals surface area contributed by atoms with E-state index in [-0.39, 0.29) is 11.8 Å². The summed E-state index contributed by atoms with van der Waals surface area (Å²) in [5.74, 6) is 1.19. The zero-order chi connectivity index (χ0) is 18.5. The molecule has 0 unspecified atom stereocenters. The Bertz CT molecular complexity index is 1160. The molecule has 0 saturated heterocycles. The molecule has 2 aromatic heterocycles. The lowest BCUT2D eigenvalue weighted by atomic mass is 9.86. The molecular formula is C20H16BrN5O. The number of rotatable bonds is 2. The van der Waals surface area contributed by atoms with Crippen LogP contribution in [-0.2, 0) is 4.79 Å². The lowest BCUT2D eigenvalue weighted by molar-refractivity contribution is -0.116. The Labute approximate surface area is 163 Å². The van der Waals surface area contributed by atoms with Gasteiger partial charge in [-0.1, -0.05) is 46.3 Å². The number of nitrogens with zero attached hydrogens (tertiary/aromatic N) is 3. The van der Waals surface area contributed by atoms with Crippen LogP contribution in [0.2, 0.25) is 0 Å². The molecule has 2 N–H and O–H groups in total. The number of aryl methyl sites for hydroxylation is 1. The summed E-state index contributed by atoms with van der Waals surface area (Å²) < 4.78 is 2.69. The van der Waals surface area contributed by atoms with Gasteiger partial charge in [-0.3, -0.25) is 4.79 Å². The van der Waals surface area contributed by atoms with Gasteiger partial charge in [0.05, 0.1) is 16.7 Å². The summed E-state index contributed by atoms with van der Waals surface area (Å²) in [5.41, 5.74) is 4.78. The predicted molar refractivity (Wildman–Crippen MR) is 107 cm³/mol. The summed E-state index contributed by atoms with van der Waals surface area (Å²) in [5, 5.41) is 7.69. The Hall–Kier alpha value is -2.93. The molecule has 1 amide bonds. The van der Waals surface area contributed by atoms with Crippen molar-refractivity contribution in [1.29, 1.82) is 0 Å². The molecule has 3 heterocycles. The van der Waals surface area contributed by atoms with Crippen LogP contribution in [0.25, 0.3) is 17.0 Å². The van der Waals surface area contributed by atoms with E-state index in [2.05, 4.69) is 37.3 Å².